The van der Waals surface area contributed by atoms with E-state index in [1.54, 1.807) is 17.9 Å². The van der Waals surface area contributed by atoms with Gasteiger partial charge in [0.25, 0.3) is 11.8 Å². The van der Waals surface area contributed by atoms with Crippen LogP contribution < -0.4 is 0 Å². The first-order valence-electron chi connectivity index (χ1n) is 10.1. The van der Waals surface area contributed by atoms with Crippen LogP contribution in [0.1, 0.15) is 39.4 Å². The molecule has 2 fully saturated rings. The van der Waals surface area contributed by atoms with Gasteiger partial charge in [-0.1, -0.05) is 5.16 Å². The molecule has 0 radical (unpaired) electrons. The summed E-state index contributed by atoms with van der Waals surface area (Å²) in [5, 5.41) is 3.71. The normalized spacial score (nSPS) is 17.9. The van der Waals surface area contributed by atoms with Crippen molar-refractivity contribution in [3.8, 4) is 0 Å². The molecule has 2 saturated heterocycles. The molecule has 0 unspecified atom stereocenters. The second kappa shape index (κ2) is 8.39. The van der Waals surface area contributed by atoms with Crippen molar-refractivity contribution in [2.24, 2.45) is 0 Å². The predicted molar refractivity (Wildman–Crippen MR) is 107 cm³/mol. The van der Waals surface area contributed by atoms with E-state index in [1.807, 2.05) is 0 Å². The van der Waals surface area contributed by atoms with E-state index in [4.69, 9.17) is 4.52 Å². The van der Waals surface area contributed by atoms with E-state index in [9.17, 15) is 22.4 Å². The summed E-state index contributed by atoms with van der Waals surface area (Å²) in [5.41, 5.74) is 0.706. The highest BCUT2D eigenvalue weighted by Crippen LogP contribution is 2.25. The molecule has 3 heterocycles. The molecule has 0 N–H and O–H groups in total. The Bertz CT molecular complexity index is 1100. The predicted octanol–water partition coefficient (Wildman–Crippen LogP) is 1.50. The van der Waals surface area contributed by atoms with Gasteiger partial charge in [0.15, 0.2) is 0 Å². The van der Waals surface area contributed by atoms with Crippen LogP contribution in [0.4, 0.5) is 4.39 Å². The van der Waals surface area contributed by atoms with Crippen LogP contribution in [0.5, 0.6) is 0 Å². The summed E-state index contributed by atoms with van der Waals surface area (Å²) in [6, 6.07) is 4.97. The van der Waals surface area contributed by atoms with Crippen LogP contribution >= 0.6 is 0 Å². The third-order valence-corrected chi connectivity index (χ3v) is 7.47. The van der Waals surface area contributed by atoms with Crippen molar-refractivity contribution in [2.45, 2.75) is 24.7 Å². The van der Waals surface area contributed by atoms with E-state index in [0.29, 0.717) is 31.9 Å². The number of hydrogen-bond donors (Lipinski definition) is 0. The molecule has 11 heteroatoms. The maximum Gasteiger partial charge on any atom is 0.292 e. The van der Waals surface area contributed by atoms with Crippen LogP contribution in [0, 0.1) is 12.7 Å². The van der Waals surface area contributed by atoms with E-state index < -0.39 is 26.6 Å². The number of sulfonamides is 1. The van der Waals surface area contributed by atoms with E-state index >= 15 is 0 Å². The number of amides is 2. The Morgan fingerprint density at radius 2 is 1.58 bits per heavy atom. The molecule has 0 bridgehead atoms. The number of aromatic nitrogens is 1. The van der Waals surface area contributed by atoms with Gasteiger partial charge >= 0.3 is 0 Å². The van der Waals surface area contributed by atoms with Gasteiger partial charge in [-0.15, -0.1) is 0 Å². The third-order valence-electron chi connectivity index (χ3n) is 5.55. The number of hydrogen-bond acceptors (Lipinski definition) is 6. The number of benzene rings is 1. The number of halogens is 1. The number of carbonyl (C=O) groups is 2. The maximum absolute atomic E-state index is 14.3. The van der Waals surface area contributed by atoms with Gasteiger partial charge in [0.1, 0.15) is 10.7 Å². The van der Waals surface area contributed by atoms with E-state index in [1.165, 1.54) is 15.3 Å². The second-order valence-electron chi connectivity index (χ2n) is 7.67. The summed E-state index contributed by atoms with van der Waals surface area (Å²) < 4.78 is 46.1. The molecule has 9 nitrogen and oxygen atoms in total. The zero-order valence-electron chi connectivity index (χ0n) is 17.1. The number of nitrogens with zero attached hydrogens (tertiary/aromatic N) is 4. The molecule has 2 aliphatic rings. The minimum Gasteiger partial charge on any atom is -0.351 e. The van der Waals surface area contributed by atoms with Crippen LogP contribution in [0.3, 0.4) is 0 Å². The maximum atomic E-state index is 14.3. The molecule has 0 saturated carbocycles. The molecule has 1 aromatic heterocycles. The van der Waals surface area contributed by atoms with Crippen LogP contribution in [0.25, 0.3) is 0 Å². The Kier molecular flexibility index (Phi) is 5.80. The zero-order valence-corrected chi connectivity index (χ0v) is 17.9. The van der Waals surface area contributed by atoms with Gasteiger partial charge in [-0.05, 0) is 38.0 Å². The summed E-state index contributed by atoms with van der Waals surface area (Å²) in [6.07, 6.45) is 1.46. The first kappa shape index (κ1) is 21.4. The molecule has 1 aromatic carbocycles. The first-order chi connectivity index (χ1) is 14.8. The summed E-state index contributed by atoms with van der Waals surface area (Å²) in [6.45, 7) is 3.54. The highest BCUT2D eigenvalue weighted by Gasteiger charge is 2.32. The fourth-order valence-electron chi connectivity index (χ4n) is 3.82. The summed E-state index contributed by atoms with van der Waals surface area (Å²) in [4.78, 5) is 28.0. The standard InChI is InChI=1S/C20H23FN4O5S/c1-14-12-17(30-22-14)20(27)24-10-8-23(9-11-24)19(26)15-4-5-16(21)18(13-15)31(28,29)25-6-2-3-7-25/h4-5,12-13H,2-3,6-11H2,1H3. The topological polar surface area (TPSA) is 104 Å². The van der Waals surface area contributed by atoms with Gasteiger partial charge in [-0.25, -0.2) is 12.8 Å². The molecule has 0 aliphatic carbocycles. The largest absolute Gasteiger partial charge is 0.351 e. The third kappa shape index (κ3) is 4.19. The van der Waals surface area contributed by atoms with Crippen molar-refractivity contribution in [3.05, 3.63) is 47.1 Å². The SMILES string of the molecule is Cc1cc(C(=O)N2CCN(C(=O)c3ccc(F)c(S(=O)(=O)N4CCCC4)c3)CC2)on1. The number of piperazine rings is 1. The second-order valence-corrected chi connectivity index (χ2v) is 9.58. The highest BCUT2D eigenvalue weighted by molar-refractivity contribution is 7.89. The molecule has 4 rings (SSSR count). The van der Waals surface area contributed by atoms with E-state index in [2.05, 4.69) is 5.16 Å². The average molecular weight is 450 g/mol. The minimum absolute atomic E-state index is 0.102. The quantitative estimate of drug-likeness (QED) is 0.699. The van der Waals surface area contributed by atoms with Crippen LogP contribution in [-0.4, -0.2) is 78.8 Å². The van der Waals surface area contributed by atoms with Crippen molar-refractivity contribution in [3.63, 3.8) is 0 Å². The highest BCUT2D eigenvalue weighted by atomic mass is 32.2. The number of aryl methyl sites for hydroxylation is 1. The van der Waals surface area contributed by atoms with E-state index in [0.717, 1.165) is 25.0 Å². The smallest absolute Gasteiger partial charge is 0.292 e. The lowest BCUT2D eigenvalue weighted by Gasteiger charge is -2.34. The molecule has 166 valence electrons. The monoisotopic (exact) mass is 450 g/mol. The van der Waals surface area contributed by atoms with Crippen LogP contribution in [-0.2, 0) is 10.0 Å². The molecule has 31 heavy (non-hydrogen) atoms. The summed E-state index contributed by atoms with van der Waals surface area (Å²) >= 11 is 0. The van der Waals surface area contributed by atoms with Crippen molar-refractivity contribution >= 4 is 21.8 Å². The minimum atomic E-state index is -3.99. The first-order valence-corrected chi connectivity index (χ1v) is 11.5. The Balaban J connectivity index is 1.46. The molecule has 0 spiro atoms. The van der Waals surface area contributed by atoms with Crippen LogP contribution in [0.15, 0.2) is 33.7 Å². The molecule has 2 amide bonds. The Hall–Kier alpha value is -2.79. The van der Waals surface area contributed by atoms with Gasteiger partial charge in [0.05, 0.1) is 5.69 Å². The van der Waals surface area contributed by atoms with Crippen molar-refractivity contribution in [1.82, 2.24) is 19.3 Å². The fraction of sp³-hybridized carbons (Fsp3) is 0.450. The zero-order chi connectivity index (χ0) is 22.2. The van der Waals surface area contributed by atoms with Gasteiger partial charge in [0, 0.05) is 50.9 Å². The molecular formula is C20H23FN4O5S. The van der Waals surface area contributed by atoms with Gasteiger partial charge < -0.3 is 14.3 Å². The molecule has 2 aromatic rings. The van der Waals surface area contributed by atoms with Gasteiger partial charge in [0.2, 0.25) is 15.8 Å². The number of carbonyl (C=O) groups excluding carboxylic acids is 2. The Labute approximate surface area is 179 Å². The fourth-order valence-corrected chi connectivity index (χ4v) is 5.42. The summed E-state index contributed by atoms with van der Waals surface area (Å²) in [5.74, 6) is -1.43. The molecule has 2 aliphatic heterocycles. The van der Waals surface area contributed by atoms with Gasteiger partial charge in [-0.2, -0.15) is 4.31 Å². The number of rotatable bonds is 4. The van der Waals surface area contributed by atoms with Gasteiger partial charge in [-0.3, -0.25) is 9.59 Å². The molecular weight excluding hydrogens is 427 g/mol. The summed E-state index contributed by atoms with van der Waals surface area (Å²) in [7, 11) is -3.99. The lowest BCUT2D eigenvalue weighted by molar-refractivity contribution is 0.0512. The van der Waals surface area contributed by atoms with Crippen molar-refractivity contribution < 1.29 is 26.9 Å². The van der Waals surface area contributed by atoms with E-state index in [-0.39, 0.29) is 30.3 Å². The molecule has 0 atom stereocenters. The van der Waals surface area contributed by atoms with Crippen molar-refractivity contribution in [1.29, 1.82) is 0 Å². The lowest BCUT2D eigenvalue weighted by Crippen LogP contribution is -2.50. The van der Waals surface area contributed by atoms with Crippen LogP contribution in [0.2, 0.25) is 0 Å². The lowest BCUT2D eigenvalue weighted by atomic mass is 10.1. The Morgan fingerprint density at radius 3 is 2.16 bits per heavy atom. The Morgan fingerprint density at radius 1 is 0.968 bits per heavy atom. The average Bonchev–Trinajstić information content (AvgIpc) is 3.45. The van der Waals surface area contributed by atoms with Crippen molar-refractivity contribution in [2.75, 3.05) is 39.3 Å².